The van der Waals surface area contributed by atoms with Gasteiger partial charge >= 0.3 is 0 Å². The normalized spacial score (nSPS) is 14.9. The highest BCUT2D eigenvalue weighted by atomic mass is 32.1. The van der Waals surface area contributed by atoms with Gasteiger partial charge in [0.05, 0.1) is 11.4 Å². The van der Waals surface area contributed by atoms with Crippen molar-refractivity contribution in [2.45, 2.75) is 27.7 Å². The Labute approximate surface area is 140 Å². The third kappa shape index (κ3) is 2.86. The fraction of sp³-hybridized carbons (Fsp3) is 0.500. The molecule has 2 aromatic heterocycles. The zero-order valence-electron chi connectivity index (χ0n) is 13.9. The average molecular weight is 328 g/mol. The summed E-state index contributed by atoms with van der Waals surface area (Å²) in [5, 5.41) is 19.0. The highest BCUT2D eigenvalue weighted by Crippen LogP contribution is 2.28. The van der Waals surface area contributed by atoms with Gasteiger partial charge in [0.25, 0.3) is 0 Å². The summed E-state index contributed by atoms with van der Waals surface area (Å²) in [5.41, 5.74) is 3.50. The summed E-state index contributed by atoms with van der Waals surface area (Å²) in [6, 6.07) is 2.29. The van der Waals surface area contributed by atoms with Crippen LogP contribution >= 0.6 is 11.3 Å². The molecule has 0 aliphatic carbocycles. The summed E-state index contributed by atoms with van der Waals surface area (Å²) in [6.07, 6.45) is 0. The summed E-state index contributed by atoms with van der Waals surface area (Å²) in [5.74, 6) is 0.710. The smallest absolute Gasteiger partial charge is 0.185 e. The standard InChI is InChI=1S/C16H20N6S/c1-10-11(2)19-20-15(14(10)9-17)21-5-7-22(8-6-21)16-18-12(3)13(4)23-16/h5-8H2,1-4H3. The van der Waals surface area contributed by atoms with Gasteiger partial charge in [-0.25, -0.2) is 4.98 Å². The minimum Gasteiger partial charge on any atom is -0.350 e. The Morgan fingerprint density at radius 2 is 1.61 bits per heavy atom. The minimum atomic E-state index is 0.645. The highest BCUT2D eigenvalue weighted by Gasteiger charge is 2.24. The van der Waals surface area contributed by atoms with Crippen LogP contribution in [0.5, 0.6) is 0 Å². The zero-order valence-corrected chi connectivity index (χ0v) is 14.7. The monoisotopic (exact) mass is 328 g/mol. The maximum absolute atomic E-state index is 9.45. The van der Waals surface area contributed by atoms with E-state index in [1.807, 2.05) is 13.8 Å². The van der Waals surface area contributed by atoms with E-state index in [0.29, 0.717) is 11.4 Å². The predicted molar refractivity (Wildman–Crippen MR) is 92.2 cm³/mol. The van der Waals surface area contributed by atoms with Gasteiger partial charge in [0.15, 0.2) is 10.9 Å². The van der Waals surface area contributed by atoms with Gasteiger partial charge in [-0.2, -0.15) is 10.4 Å². The topological polar surface area (TPSA) is 68.9 Å². The number of thiazole rings is 1. The van der Waals surface area contributed by atoms with Crippen LogP contribution in [0.15, 0.2) is 0 Å². The van der Waals surface area contributed by atoms with Crippen molar-refractivity contribution in [3.05, 3.63) is 27.4 Å². The molecular weight excluding hydrogens is 308 g/mol. The number of piperazine rings is 1. The van der Waals surface area contributed by atoms with Crippen molar-refractivity contribution in [3.63, 3.8) is 0 Å². The lowest BCUT2D eigenvalue weighted by atomic mass is 10.1. The number of aryl methyl sites for hydroxylation is 3. The molecule has 0 N–H and O–H groups in total. The number of aromatic nitrogens is 3. The molecule has 0 atom stereocenters. The van der Waals surface area contributed by atoms with E-state index in [4.69, 9.17) is 0 Å². The molecule has 0 bridgehead atoms. The molecule has 7 heteroatoms. The first-order valence-corrected chi connectivity index (χ1v) is 8.50. The van der Waals surface area contributed by atoms with E-state index in [0.717, 1.165) is 48.3 Å². The lowest BCUT2D eigenvalue weighted by molar-refractivity contribution is 0.640. The third-order valence-electron chi connectivity index (χ3n) is 4.41. The molecular formula is C16H20N6S. The summed E-state index contributed by atoms with van der Waals surface area (Å²) < 4.78 is 0. The lowest BCUT2D eigenvalue weighted by Gasteiger charge is -2.35. The molecule has 23 heavy (non-hydrogen) atoms. The van der Waals surface area contributed by atoms with Crippen molar-refractivity contribution in [3.8, 4) is 6.07 Å². The van der Waals surface area contributed by atoms with Crippen molar-refractivity contribution in [2.75, 3.05) is 36.0 Å². The first-order chi connectivity index (χ1) is 11.0. The molecule has 0 amide bonds. The second-order valence-corrected chi connectivity index (χ2v) is 7.01. The van der Waals surface area contributed by atoms with Crippen molar-refractivity contribution in [1.82, 2.24) is 15.2 Å². The van der Waals surface area contributed by atoms with Gasteiger partial charge in [-0.05, 0) is 33.3 Å². The van der Waals surface area contributed by atoms with E-state index in [-0.39, 0.29) is 0 Å². The molecule has 0 saturated carbocycles. The van der Waals surface area contributed by atoms with Crippen molar-refractivity contribution in [2.24, 2.45) is 0 Å². The SMILES string of the molecule is Cc1nc(N2CCN(c3nnc(C)c(C)c3C#N)CC2)sc1C. The van der Waals surface area contributed by atoms with Crippen LogP contribution in [-0.2, 0) is 0 Å². The maximum atomic E-state index is 9.45. The summed E-state index contributed by atoms with van der Waals surface area (Å²) in [7, 11) is 0. The predicted octanol–water partition coefficient (Wildman–Crippen LogP) is 2.37. The van der Waals surface area contributed by atoms with Gasteiger partial charge in [-0.15, -0.1) is 16.4 Å². The molecule has 0 radical (unpaired) electrons. The van der Waals surface area contributed by atoms with Crippen LogP contribution in [0, 0.1) is 39.0 Å². The van der Waals surface area contributed by atoms with E-state index < -0.39 is 0 Å². The van der Waals surface area contributed by atoms with Crippen LogP contribution in [0.1, 0.15) is 27.4 Å². The summed E-state index contributed by atoms with van der Waals surface area (Å²) in [6.45, 7) is 11.4. The van der Waals surface area contributed by atoms with Gasteiger partial charge in [-0.3, -0.25) is 0 Å². The second-order valence-electron chi connectivity index (χ2n) is 5.83. The molecule has 6 nitrogen and oxygen atoms in total. The van der Waals surface area contributed by atoms with E-state index in [9.17, 15) is 5.26 Å². The van der Waals surface area contributed by atoms with Crippen LogP contribution in [0.3, 0.4) is 0 Å². The first-order valence-electron chi connectivity index (χ1n) is 7.69. The Morgan fingerprint density at radius 3 is 2.17 bits per heavy atom. The van der Waals surface area contributed by atoms with Crippen LogP contribution in [-0.4, -0.2) is 41.4 Å². The average Bonchev–Trinajstić information content (AvgIpc) is 2.89. The van der Waals surface area contributed by atoms with Crippen LogP contribution in [0.4, 0.5) is 10.9 Å². The van der Waals surface area contributed by atoms with Crippen LogP contribution < -0.4 is 9.80 Å². The van der Waals surface area contributed by atoms with Crippen molar-refractivity contribution >= 4 is 22.3 Å². The molecule has 1 saturated heterocycles. The van der Waals surface area contributed by atoms with Crippen molar-refractivity contribution in [1.29, 1.82) is 5.26 Å². The number of nitrogens with zero attached hydrogens (tertiary/aromatic N) is 6. The fourth-order valence-corrected chi connectivity index (χ4v) is 3.61. The van der Waals surface area contributed by atoms with Gasteiger partial charge in [-0.1, -0.05) is 0 Å². The fourth-order valence-electron chi connectivity index (χ4n) is 2.65. The quantitative estimate of drug-likeness (QED) is 0.843. The molecule has 3 rings (SSSR count). The molecule has 0 unspecified atom stereocenters. The number of hydrogen-bond donors (Lipinski definition) is 0. The Balaban J connectivity index is 1.77. The number of hydrogen-bond acceptors (Lipinski definition) is 7. The van der Waals surface area contributed by atoms with E-state index >= 15 is 0 Å². The van der Waals surface area contributed by atoms with Gasteiger partial charge < -0.3 is 9.80 Å². The summed E-state index contributed by atoms with van der Waals surface area (Å²) >= 11 is 1.75. The number of nitriles is 1. The molecule has 0 spiro atoms. The number of anilines is 2. The van der Waals surface area contributed by atoms with Gasteiger partial charge in [0, 0.05) is 31.1 Å². The minimum absolute atomic E-state index is 0.645. The third-order valence-corrected chi connectivity index (χ3v) is 5.55. The molecule has 3 heterocycles. The van der Waals surface area contributed by atoms with E-state index in [2.05, 4.69) is 44.9 Å². The molecule has 120 valence electrons. The van der Waals surface area contributed by atoms with Crippen LogP contribution in [0.2, 0.25) is 0 Å². The Hall–Kier alpha value is -2.20. The summed E-state index contributed by atoms with van der Waals surface area (Å²) in [4.78, 5) is 10.4. The molecule has 1 aliphatic rings. The maximum Gasteiger partial charge on any atom is 0.185 e. The van der Waals surface area contributed by atoms with E-state index in [1.54, 1.807) is 11.3 Å². The highest BCUT2D eigenvalue weighted by molar-refractivity contribution is 7.15. The first kappa shape index (κ1) is 15.7. The van der Waals surface area contributed by atoms with E-state index in [1.165, 1.54) is 4.88 Å². The Kier molecular flexibility index (Phi) is 4.18. The zero-order chi connectivity index (χ0) is 16.6. The number of rotatable bonds is 2. The molecule has 0 aromatic carbocycles. The van der Waals surface area contributed by atoms with Crippen molar-refractivity contribution < 1.29 is 0 Å². The van der Waals surface area contributed by atoms with Gasteiger partial charge in [0.1, 0.15) is 11.6 Å². The molecule has 1 aliphatic heterocycles. The Bertz CT molecular complexity index is 748. The van der Waals surface area contributed by atoms with Crippen LogP contribution in [0.25, 0.3) is 0 Å². The largest absolute Gasteiger partial charge is 0.350 e. The molecule has 1 fully saturated rings. The second kappa shape index (κ2) is 6.13. The molecule has 2 aromatic rings. The Morgan fingerprint density at radius 1 is 0.957 bits per heavy atom. The van der Waals surface area contributed by atoms with Gasteiger partial charge in [0.2, 0.25) is 0 Å². The lowest BCUT2D eigenvalue weighted by Crippen LogP contribution is -2.47.